The Labute approximate surface area is 233 Å². The van der Waals surface area contributed by atoms with Crippen molar-refractivity contribution < 1.29 is 27.1 Å². The van der Waals surface area contributed by atoms with Crippen molar-refractivity contribution in [2.75, 3.05) is 25.0 Å². The molecule has 0 aliphatic carbocycles. The number of anilines is 1. The molecule has 0 aliphatic rings. The predicted octanol–water partition coefficient (Wildman–Crippen LogP) is 4.54. The molecule has 0 spiro atoms. The van der Waals surface area contributed by atoms with E-state index in [2.05, 4.69) is 5.32 Å². The maximum absolute atomic E-state index is 13.9. The Kier molecular flexibility index (Phi) is 9.93. The van der Waals surface area contributed by atoms with Gasteiger partial charge in [0.15, 0.2) is 0 Å². The molecule has 3 rings (SSSR count). The van der Waals surface area contributed by atoms with Gasteiger partial charge in [-0.25, -0.2) is 12.8 Å². The number of halogens is 2. The molecule has 3 aromatic carbocycles. The number of nitrogens with zero attached hydrogens (tertiary/aromatic N) is 2. The van der Waals surface area contributed by atoms with Crippen molar-refractivity contribution in [2.45, 2.75) is 37.8 Å². The van der Waals surface area contributed by atoms with Gasteiger partial charge in [0.05, 0.1) is 17.7 Å². The zero-order valence-corrected chi connectivity index (χ0v) is 23.7. The summed E-state index contributed by atoms with van der Waals surface area (Å²) in [4.78, 5) is 27.9. The van der Waals surface area contributed by atoms with Gasteiger partial charge in [-0.1, -0.05) is 48.4 Å². The predicted molar refractivity (Wildman–Crippen MR) is 149 cm³/mol. The largest absolute Gasteiger partial charge is 0.495 e. The van der Waals surface area contributed by atoms with E-state index in [-0.39, 0.29) is 34.3 Å². The second-order valence-corrected chi connectivity index (χ2v) is 11.1. The Morgan fingerprint density at radius 2 is 1.69 bits per heavy atom. The smallest absolute Gasteiger partial charge is 0.264 e. The van der Waals surface area contributed by atoms with Gasteiger partial charge < -0.3 is 15.0 Å². The Hall–Kier alpha value is -3.63. The van der Waals surface area contributed by atoms with Crippen molar-refractivity contribution in [1.29, 1.82) is 0 Å². The number of carbonyl (C=O) groups is 2. The van der Waals surface area contributed by atoms with Gasteiger partial charge in [0.1, 0.15) is 24.2 Å². The summed E-state index contributed by atoms with van der Waals surface area (Å²) in [5.74, 6) is -1.32. The number of aryl methyl sites for hydroxylation is 1. The Morgan fingerprint density at radius 1 is 1.05 bits per heavy atom. The van der Waals surface area contributed by atoms with Crippen LogP contribution in [0.3, 0.4) is 0 Å². The lowest BCUT2D eigenvalue weighted by Gasteiger charge is -2.33. The van der Waals surface area contributed by atoms with E-state index < -0.39 is 40.2 Å². The van der Waals surface area contributed by atoms with Gasteiger partial charge in [0.2, 0.25) is 11.8 Å². The average Bonchev–Trinajstić information content (AvgIpc) is 2.92. The zero-order valence-electron chi connectivity index (χ0n) is 22.1. The van der Waals surface area contributed by atoms with Crippen molar-refractivity contribution in [3.63, 3.8) is 0 Å². The molecule has 0 unspecified atom stereocenters. The Balaban J connectivity index is 2.12. The van der Waals surface area contributed by atoms with Gasteiger partial charge in [-0.05, 0) is 61.4 Å². The van der Waals surface area contributed by atoms with Crippen LogP contribution in [0.25, 0.3) is 0 Å². The molecule has 1 N–H and O–H groups in total. The van der Waals surface area contributed by atoms with Crippen LogP contribution in [0.4, 0.5) is 10.1 Å². The van der Waals surface area contributed by atoms with E-state index in [4.69, 9.17) is 16.3 Å². The van der Waals surface area contributed by atoms with Crippen molar-refractivity contribution in [3.8, 4) is 5.75 Å². The quantitative estimate of drug-likeness (QED) is 0.362. The second-order valence-electron chi connectivity index (χ2n) is 8.83. The fourth-order valence-electron chi connectivity index (χ4n) is 4.08. The van der Waals surface area contributed by atoms with Gasteiger partial charge in [-0.2, -0.15) is 0 Å². The highest BCUT2D eigenvalue weighted by molar-refractivity contribution is 7.92. The van der Waals surface area contributed by atoms with E-state index in [9.17, 15) is 22.4 Å². The number of nitrogens with one attached hydrogen (secondary N) is 1. The first-order chi connectivity index (χ1) is 18.5. The third-order valence-electron chi connectivity index (χ3n) is 6.20. The monoisotopic (exact) mass is 575 g/mol. The summed E-state index contributed by atoms with van der Waals surface area (Å²) in [5.41, 5.74) is 1.49. The third-order valence-corrected chi connectivity index (χ3v) is 8.20. The summed E-state index contributed by atoms with van der Waals surface area (Å²) in [6.45, 7) is 2.87. The number of hydrogen-bond donors (Lipinski definition) is 1. The molecule has 2 amide bonds. The van der Waals surface area contributed by atoms with E-state index in [1.165, 1.54) is 67.6 Å². The lowest BCUT2D eigenvalue weighted by atomic mass is 10.1. The van der Waals surface area contributed by atoms with Crippen LogP contribution in [0.5, 0.6) is 5.75 Å². The Bertz CT molecular complexity index is 1420. The van der Waals surface area contributed by atoms with Crippen LogP contribution >= 0.6 is 11.6 Å². The number of sulfonamides is 1. The molecule has 0 radical (unpaired) electrons. The number of likely N-dealkylation sites (N-methyl/N-ethyl adjacent to an activating group) is 1. The van der Waals surface area contributed by atoms with Crippen LogP contribution in [0.2, 0.25) is 5.02 Å². The fraction of sp³-hybridized carbons (Fsp3) is 0.286. The topological polar surface area (TPSA) is 96.0 Å². The Morgan fingerprint density at radius 3 is 2.26 bits per heavy atom. The van der Waals surface area contributed by atoms with Crippen LogP contribution in [0.15, 0.2) is 71.6 Å². The number of methoxy groups -OCH3 is 1. The number of ether oxygens (including phenoxy) is 1. The molecular weight excluding hydrogens is 545 g/mol. The van der Waals surface area contributed by atoms with Crippen LogP contribution in [0.1, 0.15) is 24.5 Å². The lowest BCUT2D eigenvalue weighted by Crippen LogP contribution is -2.51. The summed E-state index contributed by atoms with van der Waals surface area (Å²) in [6, 6.07) is 15.3. The second kappa shape index (κ2) is 12.9. The van der Waals surface area contributed by atoms with Crippen LogP contribution in [0, 0.1) is 12.7 Å². The van der Waals surface area contributed by atoms with Gasteiger partial charge in [-0.3, -0.25) is 13.9 Å². The van der Waals surface area contributed by atoms with E-state index >= 15 is 0 Å². The van der Waals surface area contributed by atoms with Crippen molar-refractivity contribution >= 4 is 39.1 Å². The van der Waals surface area contributed by atoms with Crippen molar-refractivity contribution in [2.24, 2.45) is 0 Å². The summed E-state index contributed by atoms with van der Waals surface area (Å²) in [5, 5.41) is 2.79. The van der Waals surface area contributed by atoms with E-state index in [1.807, 2.05) is 6.92 Å². The van der Waals surface area contributed by atoms with Crippen molar-refractivity contribution in [3.05, 3.63) is 88.7 Å². The standard InChI is InChI=1S/C28H31ClFN3O5S/c1-5-24(28(35)31-3)32(17-20-8-11-22(30)12-9-20)27(34)18-33(25-16-21(29)10-15-26(25)38-4)39(36,37)23-13-6-19(2)7-14-23/h6-16,24H,5,17-18H2,1-4H3,(H,31,35)/t24-/m0/s1. The van der Waals surface area contributed by atoms with Gasteiger partial charge in [-0.15, -0.1) is 0 Å². The maximum atomic E-state index is 13.9. The molecule has 208 valence electrons. The zero-order chi connectivity index (χ0) is 28.7. The highest BCUT2D eigenvalue weighted by Gasteiger charge is 2.34. The molecule has 0 aromatic heterocycles. The molecule has 0 bridgehead atoms. The van der Waals surface area contributed by atoms with Crippen LogP contribution in [-0.4, -0.2) is 51.9 Å². The number of rotatable bonds is 11. The van der Waals surface area contributed by atoms with Gasteiger partial charge in [0, 0.05) is 18.6 Å². The first kappa shape index (κ1) is 29.9. The number of hydrogen-bond acceptors (Lipinski definition) is 5. The van der Waals surface area contributed by atoms with Gasteiger partial charge in [0.25, 0.3) is 10.0 Å². The first-order valence-electron chi connectivity index (χ1n) is 12.2. The van der Waals surface area contributed by atoms with Crippen molar-refractivity contribution in [1.82, 2.24) is 10.2 Å². The molecule has 0 saturated heterocycles. The van der Waals surface area contributed by atoms with E-state index in [1.54, 1.807) is 25.1 Å². The molecule has 0 aliphatic heterocycles. The SMILES string of the molecule is CC[C@@H](C(=O)NC)N(Cc1ccc(F)cc1)C(=O)CN(c1cc(Cl)ccc1OC)S(=O)(=O)c1ccc(C)cc1. The number of carbonyl (C=O) groups excluding carboxylic acids is 2. The van der Waals surface area contributed by atoms with Crippen LogP contribution in [-0.2, 0) is 26.2 Å². The molecule has 1 atom stereocenters. The normalized spacial score (nSPS) is 11.9. The lowest BCUT2D eigenvalue weighted by molar-refractivity contribution is -0.140. The molecule has 0 fully saturated rings. The molecular formula is C28H31ClFN3O5S. The summed E-state index contributed by atoms with van der Waals surface area (Å²) < 4.78 is 47.8. The average molecular weight is 576 g/mol. The molecule has 3 aromatic rings. The summed E-state index contributed by atoms with van der Waals surface area (Å²) in [7, 11) is -1.45. The molecule has 0 saturated carbocycles. The number of amides is 2. The van der Waals surface area contributed by atoms with Crippen LogP contribution < -0.4 is 14.4 Å². The summed E-state index contributed by atoms with van der Waals surface area (Å²) in [6.07, 6.45) is 0.262. The molecule has 11 heteroatoms. The minimum absolute atomic E-state index is 0.0358. The highest BCUT2D eigenvalue weighted by Crippen LogP contribution is 2.35. The maximum Gasteiger partial charge on any atom is 0.264 e. The molecule has 8 nitrogen and oxygen atoms in total. The molecule has 0 heterocycles. The first-order valence-corrected chi connectivity index (χ1v) is 14.0. The third kappa shape index (κ3) is 7.07. The van der Waals surface area contributed by atoms with E-state index in [0.29, 0.717) is 5.56 Å². The number of benzene rings is 3. The summed E-state index contributed by atoms with van der Waals surface area (Å²) >= 11 is 6.23. The minimum Gasteiger partial charge on any atom is -0.495 e. The van der Waals surface area contributed by atoms with E-state index in [0.717, 1.165) is 9.87 Å². The highest BCUT2D eigenvalue weighted by atomic mass is 35.5. The molecule has 39 heavy (non-hydrogen) atoms. The van der Waals surface area contributed by atoms with Gasteiger partial charge >= 0.3 is 0 Å². The fourth-order valence-corrected chi connectivity index (χ4v) is 5.66. The minimum atomic E-state index is -4.29.